The van der Waals surface area contributed by atoms with E-state index in [1.54, 1.807) is 50.5 Å². The molecular weight excluding hydrogens is 433 g/mol. The number of aryl methyl sites for hydroxylation is 3. The number of halogens is 1. The molecule has 0 aliphatic carbocycles. The van der Waals surface area contributed by atoms with E-state index in [4.69, 9.17) is 4.74 Å². The Bertz CT molecular complexity index is 1340. The molecule has 3 rings (SSSR count). The zero-order valence-corrected chi connectivity index (χ0v) is 19.3. The van der Waals surface area contributed by atoms with Crippen LogP contribution in [0.15, 0.2) is 47.4 Å². The average molecular weight is 458 g/mol. The lowest BCUT2D eigenvalue weighted by Gasteiger charge is -2.11. The van der Waals surface area contributed by atoms with Gasteiger partial charge >= 0.3 is 5.97 Å². The number of ether oxygens (including phenoxy) is 1. The topological polar surface area (TPSA) is 82.4 Å². The highest BCUT2D eigenvalue weighted by molar-refractivity contribution is 7.90. The molecule has 1 aromatic heterocycles. The second-order valence-corrected chi connectivity index (χ2v) is 9.82. The molecule has 0 spiro atoms. The van der Waals surface area contributed by atoms with Gasteiger partial charge < -0.3 is 9.30 Å². The number of Topliss-reactive ketones (excluding diaryl/α,β-unsaturated/α-hetero) is 1. The fourth-order valence-corrected chi connectivity index (χ4v) is 4.15. The number of aromatic nitrogens is 1. The summed E-state index contributed by atoms with van der Waals surface area (Å²) >= 11 is 0. The summed E-state index contributed by atoms with van der Waals surface area (Å²) in [5.74, 6) is -1.54. The van der Waals surface area contributed by atoms with Crippen LogP contribution >= 0.6 is 0 Å². The molecule has 0 saturated heterocycles. The van der Waals surface area contributed by atoms with Crippen LogP contribution in [0.4, 0.5) is 4.39 Å². The van der Waals surface area contributed by atoms with Gasteiger partial charge in [0.2, 0.25) is 5.78 Å². The number of rotatable bonds is 6. The van der Waals surface area contributed by atoms with Crippen molar-refractivity contribution in [2.24, 2.45) is 0 Å². The molecule has 168 valence electrons. The molecule has 3 aromatic rings. The molecule has 0 N–H and O–H groups in total. The summed E-state index contributed by atoms with van der Waals surface area (Å²) in [7, 11) is -3.49. The van der Waals surface area contributed by atoms with Gasteiger partial charge in [-0.05, 0) is 69.2 Å². The maximum atomic E-state index is 14.0. The van der Waals surface area contributed by atoms with Crippen molar-refractivity contribution in [2.45, 2.75) is 32.6 Å². The highest BCUT2D eigenvalue weighted by Crippen LogP contribution is 2.23. The lowest BCUT2D eigenvalue weighted by Crippen LogP contribution is -2.16. The molecule has 0 aliphatic rings. The molecule has 0 fully saturated rings. The van der Waals surface area contributed by atoms with Gasteiger partial charge in [0.05, 0.1) is 10.5 Å². The first-order valence-corrected chi connectivity index (χ1v) is 11.8. The number of carbonyl (C=O) groups excluding carboxylic acids is 2. The van der Waals surface area contributed by atoms with Crippen molar-refractivity contribution >= 4 is 21.6 Å². The molecule has 2 aromatic carbocycles. The van der Waals surface area contributed by atoms with E-state index in [2.05, 4.69) is 0 Å². The van der Waals surface area contributed by atoms with Crippen LogP contribution in [0.3, 0.4) is 0 Å². The van der Waals surface area contributed by atoms with Crippen molar-refractivity contribution in [2.75, 3.05) is 12.9 Å². The van der Waals surface area contributed by atoms with Gasteiger partial charge in [0.15, 0.2) is 16.4 Å². The standard InChI is InChI=1S/C24H24FNO5S/c1-14-7-9-19(32(5,29)30)12-20(14)24(28)31-13-23(27)21-10-16(3)26(17(21)4)18-8-6-15(2)22(25)11-18/h6-12H,13H2,1-5H3. The van der Waals surface area contributed by atoms with Crippen molar-refractivity contribution in [1.82, 2.24) is 4.57 Å². The molecule has 6 nitrogen and oxygen atoms in total. The number of ketones is 1. The van der Waals surface area contributed by atoms with Crippen LogP contribution in [0, 0.1) is 33.5 Å². The maximum absolute atomic E-state index is 14.0. The Labute approximate surface area is 186 Å². The predicted molar refractivity (Wildman–Crippen MR) is 119 cm³/mol. The molecule has 0 amide bonds. The normalized spacial score (nSPS) is 11.4. The molecule has 8 heteroatoms. The van der Waals surface area contributed by atoms with Crippen molar-refractivity contribution in [3.63, 3.8) is 0 Å². The van der Waals surface area contributed by atoms with Crippen LogP contribution in [0.25, 0.3) is 5.69 Å². The summed E-state index contributed by atoms with van der Waals surface area (Å²) in [6.45, 7) is 6.35. The van der Waals surface area contributed by atoms with Gasteiger partial charge in [0.1, 0.15) is 5.82 Å². The number of hydrogen-bond acceptors (Lipinski definition) is 5. The molecule has 1 heterocycles. The first-order valence-electron chi connectivity index (χ1n) is 9.86. The van der Waals surface area contributed by atoms with E-state index in [-0.39, 0.29) is 16.3 Å². The summed E-state index contributed by atoms with van der Waals surface area (Å²) < 4.78 is 44.5. The van der Waals surface area contributed by atoms with Gasteiger partial charge in [-0.25, -0.2) is 17.6 Å². The Morgan fingerprint density at radius 2 is 1.59 bits per heavy atom. The van der Waals surface area contributed by atoms with Gasteiger partial charge in [-0.1, -0.05) is 12.1 Å². The van der Waals surface area contributed by atoms with Gasteiger partial charge in [0, 0.05) is 28.9 Å². The maximum Gasteiger partial charge on any atom is 0.338 e. The van der Waals surface area contributed by atoms with Gasteiger partial charge in [-0.2, -0.15) is 0 Å². The highest BCUT2D eigenvalue weighted by Gasteiger charge is 2.20. The molecule has 0 bridgehead atoms. The molecule has 0 aliphatic heterocycles. The third kappa shape index (κ3) is 4.65. The number of carbonyl (C=O) groups is 2. The minimum atomic E-state index is -3.49. The van der Waals surface area contributed by atoms with Gasteiger partial charge in [-0.3, -0.25) is 4.79 Å². The quantitative estimate of drug-likeness (QED) is 0.407. The molecule has 0 radical (unpaired) electrons. The van der Waals surface area contributed by atoms with E-state index in [1.807, 2.05) is 0 Å². The molecule has 0 unspecified atom stereocenters. The fourth-order valence-electron chi connectivity index (χ4n) is 3.50. The summed E-state index contributed by atoms with van der Waals surface area (Å²) in [6, 6.07) is 10.7. The average Bonchev–Trinajstić information content (AvgIpc) is 3.01. The Morgan fingerprint density at radius 3 is 2.22 bits per heavy atom. The number of hydrogen-bond donors (Lipinski definition) is 0. The molecule has 32 heavy (non-hydrogen) atoms. The van der Waals surface area contributed by atoms with Gasteiger partial charge in [0.25, 0.3) is 0 Å². The lowest BCUT2D eigenvalue weighted by atomic mass is 10.1. The molecule has 0 saturated carbocycles. The van der Waals surface area contributed by atoms with Crippen LogP contribution in [0.5, 0.6) is 0 Å². The largest absolute Gasteiger partial charge is 0.454 e. The minimum Gasteiger partial charge on any atom is -0.454 e. The monoisotopic (exact) mass is 457 g/mol. The second-order valence-electron chi connectivity index (χ2n) is 7.80. The summed E-state index contributed by atoms with van der Waals surface area (Å²) in [6.07, 6.45) is 1.05. The third-order valence-corrected chi connectivity index (χ3v) is 6.45. The Morgan fingerprint density at radius 1 is 0.938 bits per heavy atom. The molecule has 0 atom stereocenters. The van der Waals surface area contributed by atoms with Crippen molar-refractivity contribution in [3.05, 3.63) is 81.9 Å². The van der Waals surface area contributed by atoms with Crippen molar-refractivity contribution in [3.8, 4) is 5.69 Å². The first kappa shape index (κ1) is 23.4. The van der Waals surface area contributed by atoms with Gasteiger partial charge in [-0.15, -0.1) is 0 Å². The lowest BCUT2D eigenvalue weighted by molar-refractivity contribution is 0.0473. The van der Waals surface area contributed by atoms with E-state index in [0.717, 1.165) is 11.9 Å². The Hall–Kier alpha value is -3.26. The minimum absolute atomic E-state index is 0.00440. The summed E-state index contributed by atoms with van der Waals surface area (Å²) in [5, 5.41) is 0. The Kier molecular flexibility index (Phi) is 6.37. The van der Waals surface area contributed by atoms with Crippen LogP contribution < -0.4 is 0 Å². The fraction of sp³-hybridized carbons (Fsp3) is 0.250. The molecular formula is C24H24FNO5S. The Balaban J connectivity index is 1.82. The van der Waals surface area contributed by atoms with E-state index >= 15 is 0 Å². The number of esters is 1. The summed E-state index contributed by atoms with van der Waals surface area (Å²) in [5.41, 5.74) is 3.43. The van der Waals surface area contributed by atoms with E-state index in [1.165, 1.54) is 24.3 Å². The zero-order valence-electron chi connectivity index (χ0n) is 18.5. The second kappa shape index (κ2) is 8.70. The number of sulfone groups is 1. The van der Waals surface area contributed by atoms with E-state index in [0.29, 0.717) is 28.1 Å². The van der Waals surface area contributed by atoms with E-state index < -0.39 is 28.2 Å². The van der Waals surface area contributed by atoms with Crippen molar-refractivity contribution < 1.29 is 27.1 Å². The summed E-state index contributed by atoms with van der Waals surface area (Å²) in [4.78, 5) is 25.3. The van der Waals surface area contributed by atoms with E-state index in [9.17, 15) is 22.4 Å². The number of nitrogens with zero attached hydrogens (tertiary/aromatic N) is 1. The third-order valence-electron chi connectivity index (χ3n) is 5.34. The van der Waals surface area contributed by atoms with Crippen LogP contribution in [0.2, 0.25) is 0 Å². The SMILES string of the molecule is Cc1ccc(-n2c(C)cc(C(=O)COC(=O)c3cc(S(C)(=O)=O)ccc3C)c2C)cc1F. The van der Waals surface area contributed by atoms with Crippen LogP contribution in [-0.2, 0) is 14.6 Å². The zero-order chi connectivity index (χ0) is 23.8. The van der Waals surface area contributed by atoms with Crippen LogP contribution in [-0.4, -0.2) is 37.6 Å². The van der Waals surface area contributed by atoms with Crippen LogP contribution in [0.1, 0.15) is 43.2 Å². The smallest absolute Gasteiger partial charge is 0.338 e. The first-order chi connectivity index (χ1) is 14.9. The highest BCUT2D eigenvalue weighted by atomic mass is 32.2. The number of benzene rings is 2. The van der Waals surface area contributed by atoms with Crippen molar-refractivity contribution in [1.29, 1.82) is 0 Å². The predicted octanol–water partition coefficient (Wildman–Crippen LogP) is 4.29.